The minimum absolute atomic E-state index is 0.187. The molecule has 0 amide bonds. The maximum absolute atomic E-state index is 13.1. The van der Waals surface area contributed by atoms with Gasteiger partial charge in [0.25, 0.3) is 10.0 Å². The second kappa shape index (κ2) is 7.03. The standard InChI is InChI=1S/C18H15ClN2O2S/c19-16-8-10-17(11-9-16)21(14-15-5-4-12-20-13-15)24(22,23)18-6-2-1-3-7-18/h1-13H,14H2. The van der Waals surface area contributed by atoms with Crippen molar-refractivity contribution in [2.75, 3.05) is 4.31 Å². The lowest BCUT2D eigenvalue weighted by Crippen LogP contribution is -2.30. The molecule has 4 nitrogen and oxygen atoms in total. The van der Waals surface area contributed by atoms with Gasteiger partial charge >= 0.3 is 0 Å². The molecule has 122 valence electrons. The third-order valence-corrected chi connectivity index (χ3v) is 5.53. The van der Waals surface area contributed by atoms with Crippen molar-refractivity contribution < 1.29 is 8.42 Å². The molecule has 6 heteroatoms. The number of rotatable bonds is 5. The molecule has 0 saturated heterocycles. The van der Waals surface area contributed by atoms with Crippen LogP contribution in [0, 0.1) is 0 Å². The zero-order chi connectivity index (χ0) is 17.0. The Bertz CT molecular complexity index is 899. The highest BCUT2D eigenvalue weighted by Crippen LogP contribution is 2.27. The largest absolute Gasteiger partial charge is 0.264 e. The van der Waals surface area contributed by atoms with Crippen molar-refractivity contribution in [2.45, 2.75) is 11.4 Å². The van der Waals surface area contributed by atoms with Gasteiger partial charge in [0.05, 0.1) is 17.1 Å². The van der Waals surface area contributed by atoms with Gasteiger partial charge in [-0.2, -0.15) is 0 Å². The molecule has 0 saturated carbocycles. The summed E-state index contributed by atoms with van der Waals surface area (Å²) in [6, 6.07) is 18.7. The fourth-order valence-electron chi connectivity index (χ4n) is 2.30. The molecule has 3 aromatic rings. The molecule has 0 fully saturated rings. The van der Waals surface area contributed by atoms with E-state index in [0.717, 1.165) is 5.56 Å². The lowest BCUT2D eigenvalue weighted by molar-refractivity contribution is 0.590. The van der Waals surface area contributed by atoms with Crippen LogP contribution in [-0.4, -0.2) is 13.4 Å². The summed E-state index contributed by atoms with van der Waals surface area (Å²) in [6.07, 6.45) is 3.31. The predicted molar refractivity (Wildman–Crippen MR) is 95.5 cm³/mol. The van der Waals surface area contributed by atoms with Gasteiger partial charge < -0.3 is 0 Å². The summed E-state index contributed by atoms with van der Waals surface area (Å²) in [7, 11) is -3.70. The molecule has 0 radical (unpaired) electrons. The molecule has 0 aliphatic rings. The average Bonchev–Trinajstić information content (AvgIpc) is 2.62. The fraction of sp³-hybridized carbons (Fsp3) is 0.0556. The van der Waals surface area contributed by atoms with Gasteiger partial charge in [-0.1, -0.05) is 35.9 Å². The van der Waals surface area contributed by atoms with E-state index in [1.54, 1.807) is 73.1 Å². The van der Waals surface area contributed by atoms with Gasteiger partial charge in [-0.3, -0.25) is 9.29 Å². The van der Waals surface area contributed by atoms with Crippen LogP contribution in [0.1, 0.15) is 5.56 Å². The summed E-state index contributed by atoms with van der Waals surface area (Å²) in [5, 5.41) is 0.553. The molecule has 24 heavy (non-hydrogen) atoms. The second-order valence-electron chi connectivity index (χ2n) is 5.16. The van der Waals surface area contributed by atoms with Gasteiger partial charge in [0.2, 0.25) is 0 Å². The zero-order valence-electron chi connectivity index (χ0n) is 12.7. The number of hydrogen-bond acceptors (Lipinski definition) is 3. The molecule has 0 aliphatic carbocycles. The topological polar surface area (TPSA) is 50.3 Å². The van der Waals surface area contributed by atoms with Gasteiger partial charge in [0, 0.05) is 17.4 Å². The Labute approximate surface area is 146 Å². The Kier molecular flexibility index (Phi) is 4.83. The molecule has 0 unspecified atom stereocenters. The van der Waals surface area contributed by atoms with Crippen molar-refractivity contribution in [1.29, 1.82) is 0 Å². The molecule has 2 aromatic carbocycles. The lowest BCUT2D eigenvalue weighted by atomic mass is 10.2. The molecule has 0 bridgehead atoms. The molecule has 1 heterocycles. The quantitative estimate of drug-likeness (QED) is 0.689. The van der Waals surface area contributed by atoms with Crippen LogP contribution in [0.3, 0.4) is 0 Å². The number of hydrogen-bond donors (Lipinski definition) is 0. The molecular formula is C18H15ClN2O2S. The van der Waals surface area contributed by atoms with Crippen LogP contribution in [0.15, 0.2) is 84.0 Å². The van der Waals surface area contributed by atoms with E-state index in [4.69, 9.17) is 11.6 Å². The van der Waals surface area contributed by atoms with E-state index in [-0.39, 0.29) is 11.4 Å². The Balaban J connectivity index is 2.06. The number of anilines is 1. The fourth-order valence-corrected chi connectivity index (χ4v) is 3.90. The molecule has 1 aromatic heterocycles. The maximum Gasteiger partial charge on any atom is 0.264 e. The minimum atomic E-state index is -3.70. The Morgan fingerprint density at radius 2 is 1.62 bits per heavy atom. The number of benzene rings is 2. The van der Waals surface area contributed by atoms with Crippen molar-refractivity contribution in [1.82, 2.24) is 4.98 Å². The third-order valence-electron chi connectivity index (χ3n) is 3.49. The van der Waals surface area contributed by atoms with E-state index in [1.165, 1.54) is 4.31 Å². The summed E-state index contributed by atoms with van der Waals surface area (Å²) in [5.74, 6) is 0. The summed E-state index contributed by atoms with van der Waals surface area (Å²) in [4.78, 5) is 4.30. The highest BCUT2D eigenvalue weighted by molar-refractivity contribution is 7.92. The summed E-state index contributed by atoms with van der Waals surface area (Å²) in [5.41, 5.74) is 1.35. The van der Waals surface area contributed by atoms with Gasteiger partial charge in [-0.25, -0.2) is 8.42 Å². The molecule has 0 N–H and O–H groups in total. The van der Waals surface area contributed by atoms with Crippen LogP contribution in [0.2, 0.25) is 5.02 Å². The van der Waals surface area contributed by atoms with Gasteiger partial charge in [-0.05, 0) is 48.0 Å². The van der Waals surface area contributed by atoms with Crippen molar-refractivity contribution in [2.24, 2.45) is 0 Å². The van der Waals surface area contributed by atoms with Gasteiger partial charge in [0.15, 0.2) is 0 Å². The van der Waals surface area contributed by atoms with Crippen LogP contribution < -0.4 is 4.31 Å². The Hall–Kier alpha value is -2.37. The van der Waals surface area contributed by atoms with E-state index in [0.29, 0.717) is 10.7 Å². The van der Waals surface area contributed by atoms with E-state index in [9.17, 15) is 8.42 Å². The number of aromatic nitrogens is 1. The smallest absolute Gasteiger partial charge is 0.264 e. The van der Waals surface area contributed by atoms with Crippen molar-refractivity contribution in [3.63, 3.8) is 0 Å². The maximum atomic E-state index is 13.1. The summed E-state index contributed by atoms with van der Waals surface area (Å²) < 4.78 is 27.5. The van der Waals surface area contributed by atoms with Gasteiger partial charge in [0.1, 0.15) is 0 Å². The third kappa shape index (κ3) is 3.58. The lowest BCUT2D eigenvalue weighted by Gasteiger charge is -2.24. The van der Waals surface area contributed by atoms with E-state index >= 15 is 0 Å². The Morgan fingerprint density at radius 1 is 0.917 bits per heavy atom. The first-order chi connectivity index (χ1) is 11.6. The van der Waals surface area contributed by atoms with Crippen molar-refractivity contribution in [3.8, 4) is 0 Å². The summed E-state index contributed by atoms with van der Waals surface area (Å²) >= 11 is 5.93. The summed E-state index contributed by atoms with van der Waals surface area (Å²) in [6.45, 7) is 0.187. The second-order valence-corrected chi connectivity index (χ2v) is 7.46. The molecule has 3 rings (SSSR count). The molecule has 0 atom stereocenters. The van der Waals surface area contributed by atoms with Crippen LogP contribution >= 0.6 is 11.6 Å². The van der Waals surface area contributed by atoms with Crippen LogP contribution in [0.5, 0.6) is 0 Å². The first-order valence-corrected chi connectivity index (χ1v) is 9.11. The van der Waals surface area contributed by atoms with E-state index in [1.807, 2.05) is 6.07 Å². The predicted octanol–water partition coefficient (Wildman–Crippen LogP) is 4.13. The van der Waals surface area contributed by atoms with E-state index < -0.39 is 10.0 Å². The number of sulfonamides is 1. The molecular weight excluding hydrogens is 344 g/mol. The monoisotopic (exact) mass is 358 g/mol. The number of halogens is 1. The van der Waals surface area contributed by atoms with Crippen LogP contribution in [0.25, 0.3) is 0 Å². The minimum Gasteiger partial charge on any atom is -0.264 e. The molecule has 0 aliphatic heterocycles. The van der Waals surface area contributed by atoms with Crippen molar-refractivity contribution in [3.05, 3.63) is 89.7 Å². The highest BCUT2D eigenvalue weighted by atomic mass is 35.5. The van der Waals surface area contributed by atoms with Crippen LogP contribution in [0.4, 0.5) is 5.69 Å². The van der Waals surface area contributed by atoms with E-state index in [2.05, 4.69) is 4.98 Å². The SMILES string of the molecule is O=S(=O)(c1ccccc1)N(Cc1cccnc1)c1ccc(Cl)cc1. The average molecular weight is 359 g/mol. The Morgan fingerprint density at radius 3 is 2.25 bits per heavy atom. The first kappa shape index (κ1) is 16.5. The van der Waals surface area contributed by atoms with Crippen molar-refractivity contribution >= 4 is 27.3 Å². The first-order valence-electron chi connectivity index (χ1n) is 7.29. The zero-order valence-corrected chi connectivity index (χ0v) is 14.3. The van der Waals surface area contributed by atoms with Crippen LogP contribution in [-0.2, 0) is 16.6 Å². The number of pyridine rings is 1. The molecule has 0 spiro atoms. The highest BCUT2D eigenvalue weighted by Gasteiger charge is 2.25. The normalized spacial score (nSPS) is 11.2. The van der Waals surface area contributed by atoms with Gasteiger partial charge in [-0.15, -0.1) is 0 Å². The number of nitrogens with zero attached hydrogens (tertiary/aromatic N) is 2.